The molecule has 6 heteroatoms. The summed E-state index contributed by atoms with van der Waals surface area (Å²) in [4.78, 5) is 24.3. The molecule has 2 aromatic carbocycles. The van der Waals surface area contributed by atoms with Crippen molar-refractivity contribution in [1.29, 1.82) is 0 Å². The molecule has 3 aromatic rings. The van der Waals surface area contributed by atoms with E-state index in [0.717, 1.165) is 53.5 Å². The highest BCUT2D eigenvalue weighted by molar-refractivity contribution is 6.05. The van der Waals surface area contributed by atoms with Gasteiger partial charge in [0.15, 0.2) is 0 Å². The molecule has 2 heterocycles. The van der Waals surface area contributed by atoms with E-state index in [1.807, 2.05) is 49.4 Å². The molecule has 1 aromatic heterocycles. The molecule has 1 aliphatic rings. The number of amidine groups is 1. The van der Waals surface area contributed by atoms with Crippen molar-refractivity contribution in [1.82, 2.24) is 9.97 Å². The van der Waals surface area contributed by atoms with E-state index in [1.165, 1.54) is 0 Å². The minimum Gasteiger partial charge on any atom is -0.344 e. The van der Waals surface area contributed by atoms with Gasteiger partial charge < -0.3 is 15.6 Å². The minimum atomic E-state index is -0.139. The van der Waals surface area contributed by atoms with Crippen LogP contribution in [0.25, 0.3) is 11.0 Å². The highest BCUT2D eigenvalue weighted by Gasteiger charge is 2.09. The number of imidazole rings is 1. The second kappa shape index (κ2) is 6.39. The number of anilines is 2. The lowest BCUT2D eigenvalue weighted by Crippen LogP contribution is -2.12. The Kier molecular flexibility index (Phi) is 3.93. The fraction of sp³-hybridized carbons (Fsp3) is 0.211. The summed E-state index contributed by atoms with van der Waals surface area (Å²) in [7, 11) is 0. The Bertz CT molecular complexity index is 956. The standard InChI is InChI=1S/C19H19N5O/c1-12-21-16-9-8-15(11-17(16)22-12)24-19(25)13-4-6-14(7-5-13)23-18-3-2-10-20-18/h4-9,11H,2-3,10H2,1H3,(H,20,23)(H,21,22)(H,24,25). The van der Waals surface area contributed by atoms with Crippen LogP contribution >= 0.6 is 0 Å². The molecule has 0 radical (unpaired) electrons. The SMILES string of the molecule is Cc1nc2ccc(NC(=O)c3ccc(NC4=NCCC4)cc3)cc2[nH]1. The van der Waals surface area contributed by atoms with Gasteiger partial charge in [0.25, 0.3) is 5.91 Å². The van der Waals surface area contributed by atoms with Crippen LogP contribution in [0.2, 0.25) is 0 Å². The van der Waals surface area contributed by atoms with Crippen molar-refractivity contribution in [3.63, 3.8) is 0 Å². The van der Waals surface area contributed by atoms with Crippen molar-refractivity contribution in [2.45, 2.75) is 19.8 Å². The van der Waals surface area contributed by atoms with Crippen LogP contribution in [-0.2, 0) is 0 Å². The average molecular weight is 333 g/mol. The predicted octanol–water partition coefficient (Wildman–Crippen LogP) is 3.73. The molecule has 3 N–H and O–H groups in total. The molecule has 0 unspecified atom stereocenters. The normalized spacial score (nSPS) is 13.7. The fourth-order valence-corrected chi connectivity index (χ4v) is 2.93. The van der Waals surface area contributed by atoms with Crippen molar-refractivity contribution in [3.8, 4) is 0 Å². The molecule has 0 saturated carbocycles. The Hall–Kier alpha value is -3.15. The van der Waals surface area contributed by atoms with Crippen LogP contribution in [0.3, 0.4) is 0 Å². The van der Waals surface area contributed by atoms with E-state index in [0.29, 0.717) is 5.56 Å². The molecule has 0 fully saturated rings. The number of aliphatic imine (C=N–C) groups is 1. The maximum absolute atomic E-state index is 12.4. The topological polar surface area (TPSA) is 82.2 Å². The summed E-state index contributed by atoms with van der Waals surface area (Å²) in [6.45, 7) is 2.80. The number of hydrogen-bond acceptors (Lipinski definition) is 4. The zero-order valence-electron chi connectivity index (χ0n) is 14.0. The monoisotopic (exact) mass is 333 g/mol. The van der Waals surface area contributed by atoms with E-state index in [4.69, 9.17) is 0 Å². The van der Waals surface area contributed by atoms with Gasteiger partial charge in [-0.2, -0.15) is 0 Å². The second-order valence-electron chi connectivity index (χ2n) is 6.14. The molecule has 6 nitrogen and oxygen atoms in total. The average Bonchev–Trinajstić information content (AvgIpc) is 3.23. The van der Waals surface area contributed by atoms with Gasteiger partial charge in [-0.1, -0.05) is 0 Å². The number of H-pyrrole nitrogens is 1. The lowest BCUT2D eigenvalue weighted by molar-refractivity contribution is 0.102. The van der Waals surface area contributed by atoms with E-state index in [-0.39, 0.29) is 5.91 Å². The third kappa shape index (κ3) is 3.38. The number of aromatic nitrogens is 2. The van der Waals surface area contributed by atoms with Crippen LogP contribution in [0.15, 0.2) is 47.5 Å². The van der Waals surface area contributed by atoms with Gasteiger partial charge in [0.1, 0.15) is 11.7 Å². The third-order valence-electron chi connectivity index (χ3n) is 4.17. The Morgan fingerprint density at radius 3 is 2.68 bits per heavy atom. The van der Waals surface area contributed by atoms with Crippen LogP contribution in [-0.4, -0.2) is 28.3 Å². The maximum Gasteiger partial charge on any atom is 0.255 e. The van der Waals surface area contributed by atoms with Crippen molar-refractivity contribution in [3.05, 3.63) is 53.9 Å². The summed E-state index contributed by atoms with van der Waals surface area (Å²) in [5, 5.41) is 6.21. The first-order chi connectivity index (χ1) is 12.2. The van der Waals surface area contributed by atoms with Crippen LogP contribution in [0.1, 0.15) is 29.0 Å². The van der Waals surface area contributed by atoms with Gasteiger partial charge in [-0.3, -0.25) is 9.79 Å². The summed E-state index contributed by atoms with van der Waals surface area (Å²) in [6.07, 6.45) is 2.08. The van der Waals surface area contributed by atoms with Gasteiger partial charge in [-0.05, 0) is 55.8 Å². The summed E-state index contributed by atoms with van der Waals surface area (Å²) in [5.41, 5.74) is 4.10. The summed E-state index contributed by atoms with van der Waals surface area (Å²) in [5.74, 6) is 1.73. The number of rotatable bonds is 3. The predicted molar refractivity (Wildman–Crippen MR) is 100 cm³/mol. The van der Waals surface area contributed by atoms with Gasteiger partial charge >= 0.3 is 0 Å². The van der Waals surface area contributed by atoms with Crippen molar-refractivity contribution in [2.75, 3.05) is 17.2 Å². The zero-order chi connectivity index (χ0) is 17.2. The highest BCUT2D eigenvalue weighted by Crippen LogP contribution is 2.19. The molecule has 0 saturated heterocycles. The fourth-order valence-electron chi connectivity index (χ4n) is 2.93. The van der Waals surface area contributed by atoms with Crippen LogP contribution in [0.5, 0.6) is 0 Å². The number of aryl methyl sites for hydroxylation is 1. The molecule has 0 bridgehead atoms. The summed E-state index contributed by atoms with van der Waals surface area (Å²) < 4.78 is 0. The maximum atomic E-state index is 12.4. The minimum absolute atomic E-state index is 0.139. The van der Waals surface area contributed by atoms with E-state index < -0.39 is 0 Å². The van der Waals surface area contributed by atoms with Gasteiger partial charge in [0, 0.05) is 29.9 Å². The largest absolute Gasteiger partial charge is 0.344 e. The quantitative estimate of drug-likeness (QED) is 0.683. The first-order valence-corrected chi connectivity index (χ1v) is 8.35. The molecule has 126 valence electrons. The Morgan fingerprint density at radius 1 is 1.12 bits per heavy atom. The number of nitrogens with one attached hydrogen (secondary N) is 3. The molecule has 0 atom stereocenters. The molecule has 0 spiro atoms. The second-order valence-corrected chi connectivity index (χ2v) is 6.14. The number of carbonyl (C=O) groups is 1. The van der Waals surface area contributed by atoms with Gasteiger partial charge in [-0.15, -0.1) is 0 Å². The van der Waals surface area contributed by atoms with Gasteiger partial charge in [0.2, 0.25) is 0 Å². The van der Waals surface area contributed by atoms with Crippen molar-refractivity contribution >= 4 is 34.2 Å². The first-order valence-electron chi connectivity index (χ1n) is 8.35. The summed E-state index contributed by atoms with van der Waals surface area (Å²) in [6, 6.07) is 13.1. The van der Waals surface area contributed by atoms with Crippen LogP contribution in [0.4, 0.5) is 11.4 Å². The lowest BCUT2D eigenvalue weighted by atomic mass is 10.2. The number of aromatic amines is 1. The number of fused-ring (bicyclic) bond motifs is 1. The number of amides is 1. The van der Waals surface area contributed by atoms with E-state index in [2.05, 4.69) is 25.6 Å². The molecular weight excluding hydrogens is 314 g/mol. The smallest absolute Gasteiger partial charge is 0.255 e. The number of carbonyl (C=O) groups excluding carboxylic acids is 1. The van der Waals surface area contributed by atoms with Gasteiger partial charge in [0.05, 0.1) is 11.0 Å². The van der Waals surface area contributed by atoms with Crippen LogP contribution < -0.4 is 10.6 Å². The molecule has 1 amide bonds. The molecule has 1 aliphatic heterocycles. The molecule has 4 rings (SSSR count). The Labute approximate surface area is 145 Å². The van der Waals surface area contributed by atoms with Gasteiger partial charge in [-0.25, -0.2) is 4.98 Å². The van der Waals surface area contributed by atoms with E-state index >= 15 is 0 Å². The Balaban J connectivity index is 1.46. The first kappa shape index (κ1) is 15.4. The number of hydrogen-bond donors (Lipinski definition) is 3. The van der Waals surface area contributed by atoms with Crippen molar-refractivity contribution in [2.24, 2.45) is 4.99 Å². The number of benzene rings is 2. The third-order valence-corrected chi connectivity index (χ3v) is 4.17. The lowest BCUT2D eigenvalue weighted by Gasteiger charge is -2.08. The van der Waals surface area contributed by atoms with Crippen molar-refractivity contribution < 1.29 is 4.79 Å². The molecule has 25 heavy (non-hydrogen) atoms. The zero-order valence-corrected chi connectivity index (χ0v) is 14.0. The van der Waals surface area contributed by atoms with Crippen LogP contribution in [0, 0.1) is 6.92 Å². The Morgan fingerprint density at radius 2 is 1.92 bits per heavy atom. The van der Waals surface area contributed by atoms with E-state index in [9.17, 15) is 4.79 Å². The van der Waals surface area contributed by atoms with E-state index in [1.54, 1.807) is 0 Å². The molecule has 0 aliphatic carbocycles. The highest BCUT2D eigenvalue weighted by atomic mass is 16.1. The number of nitrogens with zero attached hydrogens (tertiary/aromatic N) is 2. The summed E-state index contributed by atoms with van der Waals surface area (Å²) >= 11 is 0. The molecular formula is C19H19N5O.